The van der Waals surface area contributed by atoms with Crippen molar-refractivity contribution in [3.8, 4) is 11.6 Å². The number of likely N-dealkylation sites (tertiary alicyclic amines) is 1. The van der Waals surface area contributed by atoms with Crippen LogP contribution in [0.5, 0.6) is 11.6 Å². The first-order valence-electron chi connectivity index (χ1n) is 23.8. The molecule has 1 aromatic heterocycles. The molecule has 1 saturated carbocycles. The van der Waals surface area contributed by atoms with Gasteiger partial charge in [-0.2, -0.15) is 13.2 Å². The number of benzene rings is 4. The van der Waals surface area contributed by atoms with Crippen molar-refractivity contribution in [3.05, 3.63) is 159 Å². The molecule has 2 fully saturated rings. The van der Waals surface area contributed by atoms with Gasteiger partial charge in [-0.25, -0.2) is 0 Å². The van der Waals surface area contributed by atoms with E-state index in [9.17, 15) is 5.11 Å². The van der Waals surface area contributed by atoms with Crippen molar-refractivity contribution in [3.63, 3.8) is 0 Å². The normalized spacial score (nSPS) is 24.1. The van der Waals surface area contributed by atoms with Gasteiger partial charge in [0, 0.05) is 30.1 Å². The largest absolute Gasteiger partial charge is 0.508 e. The van der Waals surface area contributed by atoms with Gasteiger partial charge in [0.05, 0.1) is 17.2 Å². The van der Waals surface area contributed by atoms with E-state index in [-0.39, 0.29) is 77.3 Å². The lowest BCUT2D eigenvalue weighted by molar-refractivity contribution is -0.139. The van der Waals surface area contributed by atoms with Crippen LogP contribution in [-0.2, 0) is 36.8 Å². The second-order valence-corrected chi connectivity index (χ2v) is 25.5. The first-order chi connectivity index (χ1) is 32.5. The van der Waals surface area contributed by atoms with Gasteiger partial charge in [-0.05, 0) is 108 Å². The van der Waals surface area contributed by atoms with Gasteiger partial charge >= 0.3 is 6.18 Å². The average Bonchev–Trinajstić information content (AvgIpc) is 3.84. The molecule has 14 heteroatoms. The van der Waals surface area contributed by atoms with Crippen LogP contribution in [0.2, 0.25) is 18.1 Å². The number of carbonyl (C=O) groups excluding carboxylic acids is 2. The number of aliphatic hydroxyl groups excluding tert-OH is 1. The number of nitrogens with zero attached hydrogens (tertiary/aromatic N) is 2. The Morgan fingerprint density at radius 1 is 0.868 bits per heavy atom. The predicted molar refractivity (Wildman–Crippen MR) is 252 cm³/mol. The van der Waals surface area contributed by atoms with Crippen molar-refractivity contribution in [2.75, 3.05) is 6.54 Å². The number of aromatic nitrogens is 1. The standard InChI is InChI=1S/C54H58F3N3O7Si/c1-52(2,3)68(4,5)67-53-39(46(58-36-23-24-36)48-44(50(53)63)51(59-66-48)65-31-34-20-13-8-14-21-34)27-35-26-38-43(47(61)42(35)49(53)62)41(64-30-33-18-11-7-12-19-33)28-37(45(38)54(55,56)57)40-22-15-25-60(40)29-32-16-9-6-10-17-32/h6-14,16-21,28,35-36,39-40,46,58,62H,15,22-27,29-31H2,1-5H3/t35-,39-,40?,46-,53-/m0/s1. The van der Waals surface area contributed by atoms with Crippen LogP contribution in [0.15, 0.2) is 113 Å². The summed E-state index contributed by atoms with van der Waals surface area (Å²) in [5, 5.41) is 20.7. The van der Waals surface area contributed by atoms with E-state index in [1.54, 1.807) is 0 Å². The van der Waals surface area contributed by atoms with Gasteiger partial charge in [0.25, 0.3) is 5.88 Å². The molecule has 10 nitrogen and oxygen atoms in total. The highest BCUT2D eigenvalue weighted by atomic mass is 28.4. The lowest BCUT2D eigenvalue weighted by atomic mass is 9.58. The molecule has 4 aliphatic carbocycles. The minimum atomic E-state index is -4.85. The third-order valence-electron chi connectivity index (χ3n) is 15.3. The quantitative estimate of drug-likeness (QED) is 0.110. The number of aliphatic hydroxyl groups is 1. The zero-order valence-electron chi connectivity index (χ0n) is 39.1. The summed E-state index contributed by atoms with van der Waals surface area (Å²) in [7, 11) is -3.06. The molecule has 0 spiro atoms. The molecule has 1 saturated heterocycles. The van der Waals surface area contributed by atoms with E-state index in [0.29, 0.717) is 25.9 Å². The molecule has 5 aliphatic rings. The first-order valence-corrected chi connectivity index (χ1v) is 26.7. The van der Waals surface area contributed by atoms with Crippen molar-refractivity contribution in [1.29, 1.82) is 0 Å². The van der Waals surface area contributed by atoms with Gasteiger partial charge in [-0.15, -0.1) is 0 Å². The summed E-state index contributed by atoms with van der Waals surface area (Å²) < 4.78 is 74.6. The summed E-state index contributed by atoms with van der Waals surface area (Å²) >= 11 is 0. The summed E-state index contributed by atoms with van der Waals surface area (Å²) in [5.74, 6) is -3.72. The third kappa shape index (κ3) is 8.20. The molecule has 5 atom stereocenters. The fraction of sp³-hybridized carbons (Fsp3) is 0.426. The molecule has 2 N–H and O–H groups in total. The smallest absolute Gasteiger partial charge is 0.417 e. The molecule has 1 aliphatic heterocycles. The Morgan fingerprint density at radius 3 is 2.09 bits per heavy atom. The van der Waals surface area contributed by atoms with E-state index in [1.807, 2.05) is 125 Å². The number of alkyl halides is 3. The van der Waals surface area contributed by atoms with Gasteiger partial charge in [0.1, 0.15) is 30.3 Å². The van der Waals surface area contributed by atoms with Crippen molar-refractivity contribution in [2.45, 2.75) is 127 Å². The maximum absolute atomic E-state index is 16.2. The highest BCUT2D eigenvalue weighted by Crippen LogP contribution is 2.60. The number of ether oxygens (including phenoxy) is 2. The summed E-state index contributed by atoms with van der Waals surface area (Å²) in [5.41, 5.74) is -0.865. The number of fused-ring (bicyclic) bond motifs is 4. The van der Waals surface area contributed by atoms with Crippen LogP contribution in [0.1, 0.15) is 125 Å². The molecule has 10 rings (SSSR count). The molecular weight excluding hydrogens is 888 g/mol. The number of allylic oxidation sites excluding steroid dienone is 1. The molecule has 0 amide bonds. The van der Waals surface area contributed by atoms with E-state index in [4.69, 9.17) is 18.4 Å². The van der Waals surface area contributed by atoms with Crippen LogP contribution < -0.4 is 14.8 Å². The predicted octanol–water partition coefficient (Wildman–Crippen LogP) is 11.8. The van der Waals surface area contributed by atoms with Gasteiger partial charge in [0.15, 0.2) is 25.5 Å². The number of rotatable bonds is 13. The van der Waals surface area contributed by atoms with Gasteiger partial charge < -0.3 is 28.8 Å². The van der Waals surface area contributed by atoms with Crippen LogP contribution in [0, 0.1) is 11.8 Å². The van der Waals surface area contributed by atoms with Crippen molar-refractivity contribution in [1.82, 2.24) is 15.4 Å². The van der Waals surface area contributed by atoms with Crippen molar-refractivity contribution in [2.24, 2.45) is 11.8 Å². The molecule has 2 heterocycles. The van der Waals surface area contributed by atoms with Gasteiger partial charge in [-0.3, -0.25) is 14.5 Å². The number of carbonyl (C=O) groups is 2. The van der Waals surface area contributed by atoms with E-state index < -0.39 is 71.9 Å². The van der Waals surface area contributed by atoms with E-state index in [1.165, 1.54) is 6.07 Å². The lowest BCUT2D eigenvalue weighted by Crippen LogP contribution is -2.65. The molecule has 68 heavy (non-hydrogen) atoms. The van der Waals surface area contributed by atoms with E-state index in [2.05, 4.69) is 15.4 Å². The van der Waals surface area contributed by atoms with Gasteiger partial charge in [-0.1, -0.05) is 112 Å². The SMILES string of the molecule is CC(C)(C)[Si](C)(C)O[C@@]12C(=O)c3c(OCc4ccccc4)noc3[C@@H](NC3CC3)[C@@H]1C[C@@H]1Cc3c(c(OCc4ccccc4)cc(C4CCCN4Cc4ccccc4)c3C(F)(F)F)C(=O)C1=C2O. The second-order valence-electron chi connectivity index (χ2n) is 20.8. The zero-order valence-corrected chi connectivity index (χ0v) is 40.1. The topological polar surface area (TPSA) is 123 Å². The van der Waals surface area contributed by atoms with Crippen LogP contribution in [0.25, 0.3) is 0 Å². The highest BCUT2D eigenvalue weighted by Gasteiger charge is 2.67. The van der Waals surface area contributed by atoms with Crippen LogP contribution in [0.3, 0.4) is 0 Å². The van der Waals surface area contributed by atoms with Gasteiger partial charge in [0.2, 0.25) is 5.78 Å². The Morgan fingerprint density at radius 2 is 1.49 bits per heavy atom. The van der Waals surface area contributed by atoms with Crippen LogP contribution in [0.4, 0.5) is 13.2 Å². The number of hydrogen-bond donors (Lipinski definition) is 2. The van der Waals surface area contributed by atoms with Crippen LogP contribution >= 0.6 is 0 Å². The van der Waals surface area contributed by atoms with E-state index >= 15 is 22.8 Å². The summed E-state index contributed by atoms with van der Waals surface area (Å²) in [4.78, 5) is 33.6. The third-order valence-corrected chi connectivity index (χ3v) is 19.7. The van der Waals surface area contributed by atoms with Crippen LogP contribution in [-0.4, -0.2) is 53.2 Å². The Labute approximate surface area is 396 Å². The minimum absolute atomic E-state index is 0.00446. The molecule has 0 radical (unpaired) electrons. The average molecular weight is 946 g/mol. The number of nitrogens with one attached hydrogen (secondary N) is 1. The number of Topliss-reactive ketones (excluding diaryl/α,β-unsaturated/α-hetero) is 2. The zero-order chi connectivity index (χ0) is 47.8. The molecule has 5 aromatic rings. The van der Waals surface area contributed by atoms with E-state index in [0.717, 1.165) is 29.5 Å². The summed E-state index contributed by atoms with van der Waals surface area (Å²) in [6, 6.07) is 28.4. The molecule has 356 valence electrons. The molecular formula is C54H58F3N3O7Si. The number of ketones is 2. The first kappa shape index (κ1) is 46.2. The number of hydrogen-bond acceptors (Lipinski definition) is 10. The Hall–Kier alpha value is -5.54. The van der Waals surface area contributed by atoms with Crippen molar-refractivity contribution >= 4 is 19.9 Å². The molecule has 0 bridgehead atoms. The molecule has 4 aromatic carbocycles. The Kier molecular flexibility index (Phi) is 11.9. The summed E-state index contributed by atoms with van der Waals surface area (Å²) in [6.45, 7) is 11.1. The highest BCUT2D eigenvalue weighted by molar-refractivity contribution is 6.74. The van der Waals surface area contributed by atoms with Crippen molar-refractivity contribution < 1.29 is 46.3 Å². The molecule has 1 unspecified atom stereocenters. The second kappa shape index (κ2) is 17.5. The summed E-state index contributed by atoms with van der Waals surface area (Å²) in [6.07, 6.45) is -2.18. The Balaban J connectivity index is 1.16. The fourth-order valence-electron chi connectivity index (χ4n) is 10.8. The fourth-order valence-corrected chi connectivity index (χ4v) is 12.3. The Bertz CT molecular complexity index is 2750. The minimum Gasteiger partial charge on any atom is -0.508 e. The number of halogens is 3. The maximum atomic E-state index is 16.2. The lowest BCUT2D eigenvalue weighted by Gasteiger charge is -2.54. The maximum Gasteiger partial charge on any atom is 0.417 e. The monoisotopic (exact) mass is 945 g/mol.